The van der Waals surface area contributed by atoms with Gasteiger partial charge < -0.3 is 10.6 Å². The van der Waals surface area contributed by atoms with Crippen molar-refractivity contribution in [3.05, 3.63) is 30.1 Å². The van der Waals surface area contributed by atoms with Crippen LogP contribution in [0.5, 0.6) is 0 Å². The van der Waals surface area contributed by atoms with Gasteiger partial charge in [0.1, 0.15) is 0 Å². The zero-order valence-corrected chi connectivity index (χ0v) is 15.2. The van der Waals surface area contributed by atoms with Crippen LogP contribution < -0.4 is 10.6 Å². The monoisotopic (exact) mass is 406 g/mol. The first kappa shape index (κ1) is 17.6. The van der Waals surface area contributed by atoms with Crippen molar-refractivity contribution in [2.45, 2.75) is 37.1 Å². The van der Waals surface area contributed by atoms with E-state index < -0.39 is 0 Å². The second kappa shape index (κ2) is 9.44. The van der Waals surface area contributed by atoms with E-state index >= 15 is 0 Å². The maximum Gasteiger partial charge on any atom is 0.191 e. The molecule has 2 N–H and O–H groups in total. The molecule has 0 amide bonds. The van der Waals surface area contributed by atoms with Crippen molar-refractivity contribution in [1.82, 2.24) is 15.6 Å². The number of nitrogens with one attached hydrogen (secondary N) is 2. The molecule has 2 atom stereocenters. The molecule has 1 aliphatic carbocycles. The van der Waals surface area contributed by atoms with E-state index in [0.29, 0.717) is 12.6 Å². The van der Waals surface area contributed by atoms with Crippen molar-refractivity contribution in [2.24, 2.45) is 4.99 Å². The molecule has 0 bridgehead atoms. The normalized spacial score (nSPS) is 22.2. The molecule has 0 radical (unpaired) electrons. The van der Waals surface area contributed by atoms with E-state index in [1.54, 1.807) is 0 Å². The molecule has 0 saturated heterocycles. The summed E-state index contributed by atoms with van der Waals surface area (Å²) in [6.07, 6.45) is 7.77. The fraction of sp³-hybridized carbons (Fsp3) is 0.571. The quantitative estimate of drug-likeness (QED) is 0.459. The Balaban J connectivity index is 0.00000200. The van der Waals surface area contributed by atoms with Gasteiger partial charge in [-0.15, -0.1) is 24.0 Å². The lowest BCUT2D eigenvalue weighted by Crippen LogP contribution is -2.42. The number of halogens is 1. The summed E-state index contributed by atoms with van der Waals surface area (Å²) in [7, 11) is 1.81. The number of pyridine rings is 1. The van der Waals surface area contributed by atoms with Crippen LogP contribution in [-0.2, 0) is 6.54 Å². The zero-order valence-electron chi connectivity index (χ0n) is 12.0. The molecule has 1 aromatic rings. The second-order valence-electron chi connectivity index (χ2n) is 4.76. The predicted molar refractivity (Wildman–Crippen MR) is 97.9 cm³/mol. The molecule has 2 unspecified atom stereocenters. The highest BCUT2D eigenvalue weighted by Crippen LogP contribution is 2.27. The lowest BCUT2D eigenvalue weighted by atomic mass is 10.2. The highest BCUT2D eigenvalue weighted by Gasteiger charge is 2.24. The molecule has 1 fully saturated rings. The average molecular weight is 406 g/mol. The Morgan fingerprint density at radius 1 is 1.45 bits per heavy atom. The van der Waals surface area contributed by atoms with Gasteiger partial charge in [0.15, 0.2) is 5.96 Å². The standard InChI is InChI=1S/C14H22N4S.HI/c1-15-14(17-10-12-5-3-4-8-16-12)18-11-6-7-13(9-11)19-2;/h3-5,8,11,13H,6-7,9-10H2,1-2H3,(H2,15,17,18);1H. The van der Waals surface area contributed by atoms with Gasteiger partial charge in [-0.2, -0.15) is 11.8 Å². The van der Waals surface area contributed by atoms with E-state index in [-0.39, 0.29) is 24.0 Å². The fourth-order valence-corrected chi connectivity index (χ4v) is 3.15. The lowest BCUT2D eigenvalue weighted by Gasteiger charge is -2.17. The van der Waals surface area contributed by atoms with E-state index in [9.17, 15) is 0 Å². The Morgan fingerprint density at radius 2 is 2.30 bits per heavy atom. The van der Waals surface area contributed by atoms with Gasteiger partial charge in [0.05, 0.1) is 12.2 Å². The summed E-state index contributed by atoms with van der Waals surface area (Å²) in [5.74, 6) is 0.873. The number of hydrogen-bond acceptors (Lipinski definition) is 3. The van der Waals surface area contributed by atoms with Crippen LogP contribution in [0.3, 0.4) is 0 Å². The summed E-state index contributed by atoms with van der Waals surface area (Å²) in [4.78, 5) is 8.57. The molecule has 1 heterocycles. The Bertz CT molecular complexity index is 413. The Labute approximate surface area is 142 Å². The van der Waals surface area contributed by atoms with Crippen molar-refractivity contribution >= 4 is 41.7 Å². The third-order valence-corrected chi connectivity index (χ3v) is 4.54. The van der Waals surface area contributed by atoms with Crippen LogP contribution in [0.1, 0.15) is 25.0 Å². The van der Waals surface area contributed by atoms with Gasteiger partial charge in [-0.05, 0) is 37.7 Å². The lowest BCUT2D eigenvalue weighted by molar-refractivity contribution is 0.613. The van der Waals surface area contributed by atoms with Crippen molar-refractivity contribution in [3.8, 4) is 0 Å². The summed E-state index contributed by atoms with van der Waals surface area (Å²) >= 11 is 1.97. The summed E-state index contributed by atoms with van der Waals surface area (Å²) in [6.45, 7) is 0.708. The molecule has 0 spiro atoms. The number of aliphatic imine (C=N–C) groups is 1. The zero-order chi connectivity index (χ0) is 13.5. The van der Waals surface area contributed by atoms with Crippen LogP contribution in [0.2, 0.25) is 0 Å². The van der Waals surface area contributed by atoms with E-state index in [1.165, 1.54) is 19.3 Å². The van der Waals surface area contributed by atoms with E-state index in [1.807, 2.05) is 43.2 Å². The largest absolute Gasteiger partial charge is 0.354 e. The van der Waals surface area contributed by atoms with Crippen LogP contribution in [0.15, 0.2) is 29.4 Å². The van der Waals surface area contributed by atoms with Crippen molar-refractivity contribution in [2.75, 3.05) is 13.3 Å². The third kappa shape index (κ3) is 5.47. The van der Waals surface area contributed by atoms with Crippen LogP contribution in [0.25, 0.3) is 0 Å². The van der Waals surface area contributed by atoms with Gasteiger partial charge in [0, 0.05) is 24.5 Å². The maximum atomic E-state index is 4.29. The van der Waals surface area contributed by atoms with Crippen LogP contribution in [0, 0.1) is 0 Å². The van der Waals surface area contributed by atoms with Crippen molar-refractivity contribution in [3.63, 3.8) is 0 Å². The first-order valence-electron chi connectivity index (χ1n) is 6.71. The highest BCUT2D eigenvalue weighted by molar-refractivity contribution is 14.0. The molecule has 20 heavy (non-hydrogen) atoms. The van der Waals surface area contributed by atoms with Gasteiger partial charge >= 0.3 is 0 Å². The van der Waals surface area contributed by atoms with Crippen LogP contribution in [0.4, 0.5) is 0 Å². The summed E-state index contributed by atoms with van der Waals surface area (Å²) in [6, 6.07) is 6.49. The molecule has 1 saturated carbocycles. The van der Waals surface area contributed by atoms with E-state index in [0.717, 1.165) is 16.9 Å². The molecule has 1 aliphatic rings. The Hall–Kier alpha value is -0.500. The summed E-state index contributed by atoms with van der Waals surface area (Å²) < 4.78 is 0. The Kier molecular flexibility index (Phi) is 8.28. The topological polar surface area (TPSA) is 49.3 Å². The van der Waals surface area contributed by atoms with Crippen LogP contribution >= 0.6 is 35.7 Å². The molecule has 6 heteroatoms. The van der Waals surface area contributed by atoms with Gasteiger partial charge in [-0.25, -0.2) is 0 Å². The number of nitrogens with zero attached hydrogens (tertiary/aromatic N) is 2. The van der Waals surface area contributed by atoms with Gasteiger partial charge in [-0.1, -0.05) is 6.07 Å². The minimum Gasteiger partial charge on any atom is -0.354 e. The third-order valence-electron chi connectivity index (χ3n) is 3.45. The maximum absolute atomic E-state index is 4.29. The predicted octanol–water partition coefficient (Wildman–Crippen LogP) is 2.65. The number of aromatic nitrogens is 1. The molecule has 0 aliphatic heterocycles. The smallest absolute Gasteiger partial charge is 0.191 e. The molecule has 112 valence electrons. The van der Waals surface area contributed by atoms with E-state index in [2.05, 4.69) is 26.9 Å². The number of guanidine groups is 1. The average Bonchev–Trinajstić information content (AvgIpc) is 2.92. The number of hydrogen-bond donors (Lipinski definition) is 2. The molecule has 2 rings (SSSR count). The van der Waals surface area contributed by atoms with Gasteiger partial charge in [0.2, 0.25) is 0 Å². The summed E-state index contributed by atoms with van der Waals surface area (Å²) in [5, 5.41) is 7.61. The fourth-order valence-electron chi connectivity index (χ4n) is 2.35. The van der Waals surface area contributed by atoms with Crippen molar-refractivity contribution in [1.29, 1.82) is 0 Å². The summed E-state index contributed by atoms with van der Waals surface area (Å²) in [5.41, 5.74) is 1.03. The molecular weight excluding hydrogens is 383 g/mol. The first-order chi connectivity index (χ1) is 9.31. The molecule has 1 aromatic heterocycles. The number of rotatable bonds is 4. The van der Waals surface area contributed by atoms with Crippen LogP contribution in [-0.4, -0.2) is 35.5 Å². The minimum absolute atomic E-state index is 0. The molecule has 0 aromatic carbocycles. The second-order valence-corrected chi connectivity index (χ2v) is 5.90. The number of thioether (sulfide) groups is 1. The minimum atomic E-state index is 0. The van der Waals surface area contributed by atoms with E-state index in [4.69, 9.17) is 0 Å². The first-order valence-corrected chi connectivity index (χ1v) is 8.00. The van der Waals surface area contributed by atoms with Crippen molar-refractivity contribution < 1.29 is 0 Å². The highest BCUT2D eigenvalue weighted by atomic mass is 127. The van der Waals surface area contributed by atoms with Gasteiger partial charge in [0.25, 0.3) is 0 Å². The Morgan fingerprint density at radius 3 is 2.90 bits per heavy atom. The van der Waals surface area contributed by atoms with Gasteiger partial charge in [-0.3, -0.25) is 9.98 Å². The SMILES string of the molecule is CN=C(NCc1ccccn1)NC1CCC(SC)C1.I. The molecular formula is C14H23IN4S. The molecule has 4 nitrogen and oxygen atoms in total.